The van der Waals surface area contributed by atoms with Crippen LogP contribution in [0.25, 0.3) is 66.5 Å². The van der Waals surface area contributed by atoms with Gasteiger partial charge in [-0.3, -0.25) is 21.9 Å². The second kappa shape index (κ2) is 26.0. The lowest BCUT2D eigenvalue weighted by Crippen LogP contribution is -2.29. The van der Waals surface area contributed by atoms with Crippen molar-refractivity contribution >= 4 is 212 Å². The van der Waals surface area contributed by atoms with E-state index < -0.39 is 11.7 Å². The summed E-state index contributed by atoms with van der Waals surface area (Å²) in [6.07, 6.45) is 8.01. The molecule has 6 heterocycles. The first-order valence-electron chi connectivity index (χ1n) is 19.4. The average molecular weight is 1560 g/mol. The predicted molar refractivity (Wildman–Crippen MR) is 325 cm³/mol. The van der Waals surface area contributed by atoms with Gasteiger partial charge in [-0.05, 0) is 206 Å². The molecule has 28 heteroatoms. The molecule has 0 saturated heterocycles. The second-order valence-corrected chi connectivity index (χ2v) is 20.2. The van der Waals surface area contributed by atoms with Crippen LogP contribution < -0.4 is 34.0 Å². The van der Waals surface area contributed by atoms with Gasteiger partial charge in [-0.1, -0.05) is 27.7 Å². The summed E-state index contributed by atoms with van der Waals surface area (Å²) in [6.45, 7) is 0. The monoisotopic (exact) mass is 1560 g/mol. The van der Waals surface area contributed by atoms with Crippen LogP contribution in [0.4, 0.5) is 6.01 Å². The van der Waals surface area contributed by atoms with Crippen LogP contribution in [0, 0.1) is 14.3 Å². The molecule has 0 saturated carbocycles. The zero-order valence-electron chi connectivity index (χ0n) is 36.0. The van der Waals surface area contributed by atoms with E-state index in [-0.39, 0.29) is 5.91 Å². The highest BCUT2D eigenvalue weighted by Gasteiger charge is 2.13. The number of rotatable bonds is 5. The Morgan fingerprint density at radius 2 is 1.07 bits per heavy atom. The highest BCUT2D eigenvalue weighted by molar-refractivity contribution is 14.1. The van der Waals surface area contributed by atoms with Gasteiger partial charge in [-0.15, -0.1) is 10.2 Å². The number of halogens is 5. The number of amides is 1. The second-order valence-electron chi connectivity index (χ2n) is 13.3. The van der Waals surface area contributed by atoms with E-state index in [9.17, 15) is 14.4 Å². The van der Waals surface area contributed by atoms with Crippen LogP contribution in [0.15, 0.2) is 111 Å². The Hall–Kier alpha value is -2.89. The van der Waals surface area contributed by atoms with Crippen molar-refractivity contribution < 1.29 is 24.9 Å². The number of anilines is 1. The molecule has 10 N–H and O–H groups in total. The van der Waals surface area contributed by atoms with Crippen molar-refractivity contribution in [3.63, 3.8) is 0 Å². The number of nitrogens with one attached hydrogen (secondary N) is 3. The number of carboxylic acid groups (broad SMARTS) is 1. The number of carboxylic acids is 1. The van der Waals surface area contributed by atoms with Crippen molar-refractivity contribution in [2.45, 2.75) is 0 Å². The Morgan fingerprint density at radius 1 is 0.676 bits per heavy atom. The number of H-pyrrole nitrogens is 1. The molecule has 10 rings (SSSR count). The van der Waals surface area contributed by atoms with Gasteiger partial charge >= 0.3 is 17.7 Å². The summed E-state index contributed by atoms with van der Waals surface area (Å²) in [5, 5.41) is 29.9. The number of fused-ring (bicyclic) bond motifs is 4. The molecule has 6 aromatic heterocycles. The van der Waals surface area contributed by atoms with E-state index in [0.29, 0.717) is 33.8 Å². The number of hydrogen-bond donors (Lipinski definition) is 7. The average Bonchev–Trinajstić information content (AvgIpc) is 4.21. The fraction of sp³-hybridized carbons (Fsp3) is 0.0500. The molecule has 0 aliphatic heterocycles. The molecular formula is C40H40I5N13O6P4. The number of nitrogens with zero attached hydrogens (tertiary/aromatic N) is 7. The summed E-state index contributed by atoms with van der Waals surface area (Å²) in [5.41, 5.74) is 9.06. The summed E-state index contributed by atoms with van der Waals surface area (Å²) in [4.78, 5) is 33.4. The highest BCUT2D eigenvalue weighted by Crippen LogP contribution is 2.31. The van der Waals surface area contributed by atoms with Crippen LogP contribution in [-0.4, -0.2) is 66.7 Å². The van der Waals surface area contributed by atoms with E-state index in [1.54, 1.807) is 25.2 Å². The third kappa shape index (κ3) is 13.3. The molecule has 4 unspecified atom stereocenters. The van der Waals surface area contributed by atoms with E-state index in [0.717, 1.165) is 60.1 Å². The molecule has 68 heavy (non-hydrogen) atoms. The number of aromatic nitrogens is 8. The van der Waals surface area contributed by atoms with Crippen molar-refractivity contribution in [2.24, 2.45) is 17.5 Å². The molecule has 4 aromatic carbocycles. The van der Waals surface area contributed by atoms with E-state index in [1.807, 2.05) is 107 Å². The van der Waals surface area contributed by atoms with Crippen LogP contribution in [0.3, 0.4) is 0 Å². The topological polar surface area (TPSA) is 274 Å². The van der Waals surface area contributed by atoms with Crippen molar-refractivity contribution in [2.75, 3.05) is 17.3 Å². The normalized spacial score (nSPS) is 10.6. The Balaban J connectivity index is 0.000000167. The van der Waals surface area contributed by atoms with Crippen LogP contribution in [0.5, 0.6) is 0 Å². The lowest BCUT2D eigenvalue weighted by molar-refractivity contribution is 0.0696. The van der Waals surface area contributed by atoms with Gasteiger partial charge in [0.2, 0.25) is 11.8 Å². The van der Waals surface area contributed by atoms with Gasteiger partial charge in [0.1, 0.15) is 0 Å². The van der Waals surface area contributed by atoms with Crippen LogP contribution in [0.2, 0.25) is 0 Å². The molecule has 0 bridgehead atoms. The first-order chi connectivity index (χ1) is 33.0. The number of nitrogen functional groups attached to an aromatic ring is 1. The molecule has 0 fully saturated rings. The van der Waals surface area contributed by atoms with E-state index >= 15 is 0 Å². The maximum Gasteiger partial charge on any atom is 0.434 e. The molecule has 10 aromatic rings. The fourth-order valence-electron chi connectivity index (χ4n) is 6.27. The standard InChI is InChI=1S/C11H10IN4OP.C10H7IN3O2P.C9H9IN3OP.C9H7INO2P.CH3I.H4N2/c1-13-11-15-14-10(17-11)6-2-3-9-7(4-6)8(12)5-16(9)18;11-7-4-14(17)8-2-1-5(3-6(7)8)9-12-13-10(15)16-9;10-7-4-13(15)8-2-1-5(3-6(7)8)9(14)12-11;10-7-4-11(14)8-2-1-5(9(12)13)3-6(7)8;2*1-2/h2-5H,18H2,1H3,(H,13,15);1-4H,17H2,(H,13,15);1-4H,11,15H2,(H,12,14);1-4H,14H2,(H,12,13);1H3;1-2H2/i;;;;1D;. The van der Waals surface area contributed by atoms with Crippen molar-refractivity contribution in [1.82, 2.24) is 43.2 Å². The number of nitrogens with two attached hydrogens (primary N) is 3. The number of aromatic carboxylic acids is 1. The maximum atomic E-state index is 11.3. The molecular weight excluding hydrogens is 1520 g/mol. The van der Waals surface area contributed by atoms with Crippen molar-refractivity contribution in [3.05, 3.63) is 134 Å². The lowest BCUT2D eigenvalue weighted by atomic mass is 10.1. The molecule has 0 aliphatic rings. The molecule has 356 valence electrons. The van der Waals surface area contributed by atoms with Gasteiger partial charge in [-0.2, -0.15) is 0 Å². The maximum absolute atomic E-state index is 11.3. The first-order valence-corrected chi connectivity index (χ1v) is 26.6. The SMILES string of the molecule is CNc1nnc(-c2ccc3c(c2)c(I)cn3P)o1.NN.NNC(=O)c1ccc2c(c1)c(I)cn2P.O=C(O)c1ccc2c(c1)c(I)cn2P.O=c1[nH]nc(-c2ccc3c(c2)c(I)cn3P)o1.[2H]CI. The van der Waals surface area contributed by atoms with Crippen molar-refractivity contribution in [3.8, 4) is 22.9 Å². The third-order valence-electron chi connectivity index (χ3n) is 9.35. The summed E-state index contributed by atoms with van der Waals surface area (Å²) in [6, 6.07) is 22.9. The Labute approximate surface area is 466 Å². The molecule has 1 amide bonds. The van der Waals surface area contributed by atoms with E-state index in [4.69, 9.17) is 21.2 Å². The van der Waals surface area contributed by atoms with Crippen molar-refractivity contribution in [1.29, 1.82) is 0 Å². The van der Waals surface area contributed by atoms with E-state index in [2.05, 4.69) is 183 Å². The van der Waals surface area contributed by atoms with E-state index in [1.165, 1.54) is 8.96 Å². The van der Waals surface area contributed by atoms with Crippen LogP contribution >= 0.6 is 151 Å². The number of carbonyl (C=O) groups excluding carboxylic acids is 1. The minimum Gasteiger partial charge on any atom is -0.478 e. The number of hydrazine groups is 2. The van der Waals surface area contributed by atoms with Gasteiger partial charge in [0.05, 0.1) is 27.6 Å². The quantitative estimate of drug-likeness (QED) is 0.0212. The molecule has 0 spiro atoms. The summed E-state index contributed by atoms with van der Waals surface area (Å²) >= 11 is 11.0. The fourth-order valence-corrected chi connectivity index (χ4v) is 11.9. The minimum atomic E-state index is -0.890. The summed E-state index contributed by atoms with van der Waals surface area (Å²) < 4.78 is 28.9. The summed E-state index contributed by atoms with van der Waals surface area (Å²) in [5.74, 6) is 12.2. The Bertz CT molecular complexity index is 3470. The smallest absolute Gasteiger partial charge is 0.434 e. The number of carbonyl (C=O) groups is 2. The van der Waals surface area contributed by atoms with Gasteiger partial charge in [-0.25, -0.2) is 20.5 Å². The predicted octanol–water partition coefficient (Wildman–Crippen LogP) is 9.14. The number of alkyl halides is 1. The highest BCUT2D eigenvalue weighted by atomic mass is 127. The van der Waals surface area contributed by atoms with Gasteiger partial charge in [0.25, 0.3) is 5.91 Å². The van der Waals surface area contributed by atoms with Crippen LogP contribution in [0.1, 0.15) is 22.1 Å². The largest absolute Gasteiger partial charge is 0.478 e. The minimum absolute atomic E-state index is 0.274. The lowest BCUT2D eigenvalue weighted by Gasteiger charge is -2.00. The molecule has 4 atom stereocenters. The zero-order chi connectivity index (χ0) is 50.7. The molecule has 19 nitrogen and oxygen atoms in total. The van der Waals surface area contributed by atoms with Gasteiger partial charge in [0, 0.05) is 85.7 Å². The molecule has 0 aliphatic carbocycles. The van der Waals surface area contributed by atoms with Crippen LogP contribution in [-0.2, 0) is 0 Å². The zero-order valence-corrected chi connectivity index (χ0v) is 50.4. The third-order valence-corrected chi connectivity index (χ3v) is 14.5. The summed E-state index contributed by atoms with van der Waals surface area (Å²) in [7, 11) is 12.2. The number of aromatic amines is 1. The Morgan fingerprint density at radius 3 is 1.46 bits per heavy atom. The van der Waals surface area contributed by atoms with Gasteiger partial charge in [0.15, 0.2) is 0 Å². The number of hydrogen-bond acceptors (Lipinski definition) is 12. The molecule has 0 radical (unpaired) electrons. The Kier molecular flexibility index (Phi) is 20.8. The number of benzene rings is 4. The van der Waals surface area contributed by atoms with Gasteiger partial charge < -0.3 is 36.6 Å². The first kappa shape index (κ1) is 54.4.